The maximum Gasteiger partial charge on any atom is 0.293 e. The lowest BCUT2D eigenvalue weighted by Crippen LogP contribution is -2.42. The quantitative estimate of drug-likeness (QED) is 0.264. The Morgan fingerprint density at radius 3 is 1.95 bits per heavy atom. The summed E-state index contributed by atoms with van der Waals surface area (Å²) in [6.07, 6.45) is 3.15. The highest BCUT2D eigenvalue weighted by Gasteiger charge is 2.36. The van der Waals surface area contributed by atoms with Gasteiger partial charge in [0.25, 0.3) is 15.7 Å². The molecule has 0 heterocycles. The number of sulfonamides is 2. The molecular formula is C28H33N3O6S2. The SMILES string of the molecule is Cc1ccc(S(=O)(=O)NC[C@H]2CCCC[C@H]2CN(c2ccccc2[N+](=O)[O-])S(=O)(=O)c2ccc(C)cc2)cc1. The minimum absolute atomic E-state index is 0.00199. The summed E-state index contributed by atoms with van der Waals surface area (Å²) in [4.78, 5) is 11.5. The fourth-order valence-corrected chi connectivity index (χ4v) is 7.65. The molecule has 0 amide bonds. The average Bonchev–Trinajstić information content (AvgIpc) is 2.91. The van der Waals surface area contributed by atoms with E-state index in [2.05, 4.69) is 4.72 Å². The van der Waals surface area contributed by atoms with Crippen LogP contribution in [0.2, 0.25) is 0 Å². The van der Waals surface area contributed by atoms with Crippen molar-refractivity contribution in [3.63, 3.8) is 0 Å². The van der Waals surface area contributed by atoms with Gasteiger partial charge in [-0.3, -0.25) is 14.4 Å². The standard InChI is InChI=1S/C28H33N3O6S2/c1-21-11-15-25(16-12-21)38(34,35)29-19-23-7-3-4-8-24(23)20-30(27-9-5-6-10-28(27)31(32)33)39(36,37)26-17-13-22(2)14-18-26/h5-6,9-18,23-24,29H,3-4,7-8,19-20H2,1-2H3/t23-,24+/m1/s1. The Kier molecular flexibility index (Phi) is 8.73. The lowest BCUT2D eigenvalue weighted by Gasteiger charge is -2.36. The number of hydrogen-bond acceptors (Lipinski definition) is 6. The fraction of sp³-hybridized carbons (Fsp3) is 0.357. The van der Waals surface area contributed by atoms with Gasteiger partial charge in [0.05, 0.1) is 14.7 Å². The summed E-state index contributed by atoms with van der Waals surface area (Å²) in [5.41, 5.74) is 1.53. The van der Waals surface area contributed by atoms with E-state index in [4.69, 9.17) is 0 Å². The van der Waals surface area contributed by atoms with Crippen LogP contribution in [0.5, 0.6) is 0 Å². The van der Waals surface area contributed by atoms with Gasteiger partial charge in [0.1, 0.15) is 5.69 Å². The highest BCUT2D eigenvalue weighted by atomic mass is 32.2. The molecule has 208 valence electrons. The van der Waals surface area contributed by atoms with Crippen LogP contribution in [0.4, 0.5) is 11.4 Å². The number of hydrogen-bond donors (Lipinski definition) is 1. The second kappa shape index (κ2) is 11.8. The number of nitro groups is 1. The van der Waals surface area contributed by atoms with Crippen LogP contribution in [0, 0.1) is 35.8 Å². The van der Waals surface area contributed by atoms with Crippen molar-refractivity contribution in [2.75, 3.05) is 17.4 Å². The summed E-state index contributed by atoms with van der Waals surface area (Å²) in [6, 6.07) is 18.8. The summed E-state index contributed by atoms with van der Waals surface area (Å²) in [5, 5.41) is 11.9. The van der Waals surface area contributed by atoms with Crippen molar-refractivity contribution in [2.45, 2.75) is 49.3 Å². The van der Waals surface area contributed by atoms with Gasteiger partial charge in [-0.15, -0.1) is 0 Å². The Morgan fingerprint density at radius 1 is 0.821 bits per heavy atom. The first-order valence-electron chi connectivity index (χ1n) is 12.9. The predicted octanol–water partition coefficient (Wildman–Crippen LogP) is 5.19. The number of rotatable bonds is 10. The minimum atomic E-state index is -4.15. The van der Waals surface area contributed by atoms with E-state index < -0.39 is 25.0 Å². The zero-order valence-electron chi connectivity index (χ0n) is 22.0. The van der Waals surface area contributed by atoms with Crippen molar-refractivity contribution in [3.8, 4) is 0 Å². The molecule has 9 nitrogen and oxygen atoms in total. The van der Waals surface area contributed by atoms with Crippen LogP contribution in [0.3, 0.4) is 0 Å². The molecule has 1 N–H and O–H groups in total. The van der Waals surface area contributed by atoms with Crippen LogP contribution in [0.25, 0.3) is 0 Å². The van der Waals surface area contributed by atoms with Crippen molar-refractivity contribution < 1.29 is 21.8 Å². The van der Waals surface area contributed by atoms with Crippen LogP contribution in [0.1, 0.15) is 36.8 Å². The van der Waals surface area contributed by atoms with Gasteiger partial charge in [-0.25, -0.2) is 21.6 Å². The van der Waals surface area contributed by atoms with Gasteiger partial charge < -0.3 is 0 Å². The first-order chi connectivity index (χ1) is 18.5. The van der Waals surface area contributed by atoms with Crippen molar-refractivity contribution in [3.05, 3.63) is 94.0 Å². The molecule has 0 saturated heterocycles. The van der Waals surface area contributed by atoms with Crippen molar-refractivity contribution in [2.24, 2.45) is 11.8 Å². The number of nitrogens with one attached hydrogen (secondary N) is 1. The molecule has 0 unspecified atom stereocenters. The van der Waals surface area contributed by atoms with Crippen LogP contribution in [0.15, 0.2) is 82.6 Å². The molecular weight excluding hydrogens is 538 g/mol. The molecule has 1 saturated carbocycles. The van der Waals surface area contributed by atoms with Crippen LogP contribution in [-0.2, 0) is 20.0 Å². The van der Waals surface area contributed by atoms with Crippen LogP contribution >= 0.6 is 0 Å². The summed E-state index contributed by atoms with van der Waals surface area (Å²) < 4.78 is 57.6. The fourth-order valence-electron chi connectivity index (χ4n) is 5.02. The van der Waals surface area contributed by atoms with E-state index in [1.165, 1.54) is 30.3 Å². The minimum Gasteiger partial charge on any atom is -0.259 e. The first-order valence-corrected chi connectivity index (χ1v) is 15.8. The normalized spacial score (nSPS) is 18.0. The number of nitrogens with zero attached hydrogens (tertiary/aromatic N) is 2. The van der Waals surface area contributed by atoms with Gasteiger partial charge in [-0.1, -0.05) is 60.4 Å². The summed E-state index contributed by atoms with van der Waals surface area (Å²) in [7, 11) is -7.89. The molecule has 3 aromatic carbocycles. The van der Waals surface area contributed by atoms with E-state index in [9.17, 15) is 26.9 Å². The highest BCUT2D eigenvalue weighted by molar-refractivity contribution is 7.92. The lowest BCUT2D eigenvalue weighted by atomic mass is 9.79. The summed E-state index contributed by atoms with van der Waals surface area (Å²) in [6.45, 7) is 3.87. The first kappa shape index (κ1) is 28.7. The second-order valence-electron chi connectivity index (χ2n) is 10.1. The van der Waals surface area contributed by atoms with Crippen LogP contribution in [-0.4, -0.2) is 34.8 Å². The Morgan fingerprint density at radius 2 is 1.36 bits per heavy atom. The molecule has 4 rings (SSSR count). The molecule has 0 aromatic heterocycles. The largest absolute Gasteiger partial charge is 0.293 e. The number of aryl methyl sites for hydroxylation is 2. The Hall–Kier alpha value is -3.28. The third-order valence-electron chi connectivity index (χ3n) is 7.29. The molecule has 0 radical (unpaired) electrons. The lowest BCUT2D eigenvalue weighted by molar-refractivity contribution is -0.384. The van der Waals surface area contributed by atoms with E-state index in [1.807, 2.05) is 13.8 Å². The van der Waals surface area contributed by atoms with Crippen molar-refractivity contribution >= 4 is 31.4 Å². The molecule has 1 aliphatic rings. The molecule has 1 fully saturated rings. The molecule has 3 aromatic rings. The number of benzene rings is 3. The maximum atomic E-state index is 13.9. The summed E-state index contributed by atoms with van der Waals surface area (Å²) in [5.74, 6) is -0.350. The summed E-state index contributed by atoms with van der Waals surface area (Å²) >= 11 is 0. The third kappa shape index (κ3) is 6.66. The van der Waals surface area contributed by atoms with E-state index in [1.54, 1.807) is 42.5 Å². The number of para-hydroxylation sites is 2. The molecule has 0 aliphatic heterocycles. The van der Waals surface area contributed by atoms with Gasteiger partial charge in [0.2, 0.25) is 10.0 Å². The van der Waals surface area contributed by atoms with Gasteiger partial charge >= 0.3 is 0 Å². The molecule has 11 heteroatoms. The second-order valence-corrected chi connectivity index (χ2v) is 13.7. The Balaban J connectivity index is 1.65. The monoisotopic (exact) mass is 571 g/mol. The Bertz CT molecular complexity index is 1520. The van der Waals surface area contributed by atoms with E-state index in [-0.39, 0.29) is 46.1 Å². The van der Waals surface area contributed by atoms with Gasteiger partial charge in [-0.05, 0) is 68.9 Å². The molecule has 2 atom stereocenters. The molecule has 0 bridgehead atoms. The van der Waals surface area contributed by atoms with Gasteiger partial charge in [0, 0.05) is 19.2 Å². The average molecular weight is 572 g/mol. The predicted molar refractivity (Wildman–Crippen MR) is 151 cm³/mol. The topological polar surface area (TPSA) is 127 Å². The smallest absolute Gasteiger partial charge is 0.259 e. The highest BCUT2D eigenvalue weighted by Crippen LogP contribution is 2.37. The molecule has 1 aliphatic carbocycles. The van der Waals surface area contributed by atoms with Gasteiger partial charge in [0.15, 0.2) is 0 Å². The van der Waals surface area contributed by atoms with Gasteiger partial charge in [-0.2, -0.15) is 0 Å². The van der Waals surface area contributed by atoms with Crippen molar-refractivity contribution in [1.82, 2.24) is 4.72 Å². The number of anilines is 1. The Labute approximate surface area is 230 Å². The number of nitro benzene ring substituents is 1. The molecule has 39 heavy (non-hydrogen) atoms. The van der Waals surface area contributed by atoms with E-state index >= 15 is 0 Å². The van der Waals surface area contributed by atoms with E-state index in [0.29, 0.717) is 6.42 Å². The maximum absolute atomic E-state index is 13.9. The molecule has 0 spiro atoms. The third-order valence-corrected chi connectivity index (χ3v) is 10.5. The zero-order valence-corrected chi connectivity index (χ0v) is 23.6. The van der Waals surface area contributed by atoms with Crippen molar-refractivity contribution in [1.29, 1.82) is 0 Å². The van der Waals surface area contributed by atoms with Crippen LogP contribution < -0.4 is 9.03 Å². The van der Waals surface area contributed by atoms with E-state index in [0.717, 1.165) is 34.7 Å². The zero-order chi connectivity index (χ0) is 28.2.